The molecule has 0 heterocycles. The van der Waals surface area contributed by atoms with Crippen LogP contribution in [0.5, 0.6) is 5.75 Å². The topological polar surface area (TPSA) is 38.3 Å². The van der Waals surface area contributed by atoms with Crippen LogP contribution in [-0.2, 0) is 11.2 Å². The highest BCUT2D eigenvalue weighted by Crippen LogP contribution is 2.25. The van der Waals surface area contributed by atoms with Crippen LogP contribution in [0, 0.1) is 0 Å². The molecule has 3 heteroatoms. The Morgan fingerprint density at radius 1 is 1.00 bits per heavy atom. The molecule has 0 spiro atoms. The van der Waals surface area contributed by atoms with Crippen LogP contribution in [-0.4, -0.2) is 12.5 Å². The lowest BCUT2D eigenvalue weighted by Gasteiger charge is -2.13. The standard InChI is InChI=1S/C22H21NO2/c1-16(2)15-25-21-13-6-5-12-20(21)23-22(24)14-18-10-7-9-17-8-3-4-11-19(17)18/h3-13H,1,14-15H2,2H3,(H,23,24). The van der Waals surface area contributed by atoms with Gasteiger partial charge in [0, 0.05) is 0 Å². The summed E-state index contributed by atoms with van der Waals surface area (Å²) >= 11 is 0. The first-order chi connectivity index (χ1) is 12.1. The first-order valence-corrected chi connectivity index (χ1v) is 8.26. The number of hydrogen-bond donors (Lipinski definition) is 1. The van der Waals surface area contributed by atoms with Crippen molar-refractivity contribution >= 4 is 22.4 Å². The maximum absolute atomic E-state index is 12.5. The van der Waals surface area contributed by atoms with E-state index in [2.05, 4.69) is 24.0 Å². The monoisotopic (exact) mass is 331 g/mol. The molecule has 0 aromatic heterocycles. The molecular weight excluding hydrogens is 310 g/mol. The summed E-state index contributed by atoms with van der Waals surface area (Å²) in [5, 5.41) is 5.19. The summed E-state index contributed by atoms with van der Waals surface area (Å²) < 4.78 is 5.71. The number of benzene rings is 3. The van der Waals surface area contributed by atoms with Gasteiger partial charge in [0.2, 0.25) is 5.91 Å². The predicted octanol–water partition coefficient (Wildman–Crippen LogP) is 4.98. The van der Waals surface area contributed by atoms with Crippen molar-refractivity contribution in [3.05, 3.63) is 84.4 Å². The molecule has 0 aliphatic rings. The molecule has 0 bridgehead atoms. The molecule has 0 fully saturated rings. The third kappa shape index (κ3) is 4.27. The molecule has 126 valence electrons. The SMILES string of the molecule is C=C(C)COc1ccccc1NC(=O)Cc1cccc2ccccc12. The lowest BCUT2D eigenvalue weighted by Crippen LogP contribution is -2.15. The highest BCUT2D eigenvalue weighted by atomic mass is 16.5. The van der Waals surface area contributed by atoms with Gasteiger partial charge in [-0.15, -0.1) is 0 Å². The van der Waals surface area contributed by atoms with Gasteiger partial charge in [0.15, 0.2) is 0 Å². The average molecular weight is 331 g/mol. The van der Waals surface area contributed by atoms with Crippen LogP contribution in [0.1, 0.15) is 12.5 Å². The molecule has 3 aromatic rings. The fourth-order valence-electron chi connectivity index (χ4n) is 2.71. The summed E-state index contributed by atoms with van der Waals surface area (Å²) in [5.74, 6) is 0.583. The smallest absolute Gasteiger partial charge is 0.228 e. The van der Waals surface area contributed by atoms with Crippen molar-refractivity contribution < 1.29 is 9.53 Å². The molecule has 1 N–H and O–H groups in total. The Bertz CT molecular complexity index is 909. The molecule has 0 radical (unpaired) electrons. The molecule has 0 aliphatic heterocycles. The number of carbonyl (C=O) groups excluding carboxylic acids is 1. The maximum Gasteiger partial charge on any atom is 0.228 e. The number of rotatable bonds is 6. The Kier molecular flexibility index (Phi) is 5.14. The van der Waals surface area contributed by atoms with Crippen LogP contribution in [0.25, 0.3) is 10.8 Å². The van der Waals surface area contributed by atoms with Crippen LogP contribution in [0.2, 0.25) is 0 Å². The number of nitrogens with one attached hydrogen (secondary N) is 1. The number of fused-ring (bicyclic) bond motifs is 1. The molecule has 25 heavy (non-hydrogen) atoms. The van der Waals surface area contributed by atoms with Gasteiger partial charge in [-0.05, 0) is 41.0 Å². The van der Waals surface area contributed by atoms with Crippen LogP contribution >= 0.6 is 0 Å². The Balaban J connectivity index is 1.76. The average Bonchev–Trinajstić information content (AvgIpc) is 2.61. The molecule has 1 amide bonds. The first-order valence-electron chi connectivity index (χ1n) is 8.26. The van der Waals surface area contributed by atoms with E-state index in [9.17, 15) is 4.79 Å². The lowest BCUT2D eigenvalue weighted by molar-refractivity contribution is -0.115. The van der Waals surface area contributed by atoms with Crippen LogP contribution in [0.3, 0.4) is 0 Å². The Morgan fingerprint density at radius 3 is 2.56 bits per heavy atom. The number of para-hydroxylation sites is 2. The van der Waals surface area contributed by atoms with Crippen molar-refractivity contribution in [3.63, 3.8) is 0 Å². The summed E-state index contributed by atoms with van der Waals surface area (Å²) in [7, 11) is 0. The fourth-order valence-corrected chi connectivity index (χ4v) is 2.71. The maximum atomic E-state index is 12.5. The zero-order chi connectivity index (χ0) is 17.6. The third-order valence-electron chi connectivity index (χ3n) is 3.87. The molecule has 0 saturated carbocycles. The van der Waals surface area contributed by atoms with Gasteiger partial charge < -0.3 is 10.1 Å². The quantitative estimate of drug-likeness (QED) is 0.647. The van der Waals surface area contributed by atoms with E-state index in [1.165, 1.54) is 0 Å². The van der Waals surface area contributed by atoms with Gasteiger partial charge in [0.1, 0.15) is 12.4 Å². The van der Waals surface area contributed by atoms with Crippen LogP contribution < -0.4 is 10.1 Å². The second kappa shape index (κ2) is 7.67. The van der Waals surface area contributed by atoms with E-state index in [0.717, 1.165) is 21.9 Å². The van der Waals surface area contributed by atoms with Gasteiger partial charge in [0.05, 0.1) is 12.1 Å². The highest BCUT2D eigenvalue weighted by Gasteiger charge is 2.10. The lowest BCUT2D eigenvalue weighted by atomic mass is 10.0. The first kappa shape index (κ1) is 16.8. The zero-order valence-electron chi connectivity index (χ0n) is 14.3. The van der Waals surface area contributed by atoms with Gasteiger partial charge in [0.25, 0.3) is 0 Å². The normalized spacial score (nSPS) is 10.4. The largest absolute Gasteiger partial charge is 0.487 e. The minimum atomic E-state index is -0.0669. The summed E-state index contributed by atoms with van der Waals surface area (Å²) in [6.45, 7) is 6.16. The Hall–Kier alpha value is -3.07. The van der Waals surface area contributed by atoms with Crippen molar-refractivity contribution in [1.29, 1.82) is 0 Å². The second-order valence-electron chi connectivity index (χ2n) is 6.11. The van der Waals surface area contributed by atoms with Crippen LogP contribution in [0.15, 0.2) is 78.9 Å². The van der Waals surface area contributed by atoms with Gasteiger partial charge in [-0.25, -0.2) is 0 Å². The fraction of sp³-hybridized carbons (Fsp3) is 0.136. The second-order valence-corrected chi connectivity index (χ2v) is 6.11. The Morgan fingerprint density at radius 2 is 1.72 bits per heavy atom. The summed E-state index contributed by atoms with van der Waals surface area (Å²) in [6.07, 6.45) is 0.316. The number of carbonyl (C=O) groups is 1. The van der Waals surface area contributed by atoms with E-state index in [4.69, 9.17) is 4.74 Å². The number of amides is 1. The minimum Gasteiger partial charge on any atom is -0.487 e. The van der Waals surface area contributed by atoms with Gasteiger partial charge in [-0.1, -0.05) is 61.2 Å². The predicted molar refractivity (Wildman–Crippen MR) is 103 cm³/mol. The zero-order valence-corrected chi connectivity index (χ0v) is 14.3. The molecule has 0 aliphatic carbocycles. The highest BCUT2D eigenvalue weighted by molar-refractivity contribution is 5.97. The van der Waals surface area contributed by atoms with Crippen molar-refractivity contribution in [2.24, 2.45) is 0 Å². The van der Waals surface area contributed by atoms with E-state index in [-0.39, 0.29) is 5.91 Å². The summed E-state index contributed by atoms with van der Waals surface area (Å²) in [6, 6.07) is 21.6. The van der Waals surface area contributed by atoms with Crippen molar-refractivity contribution in [3.8, 4) is 5.75 Å². The number of hydrogen-bond acceptors (Lipinski definition) is 2. The number of anilines is 1. The third-order valence-corrected chi connectivity index (χ3v) is 3.87. The molecule has 0 unspecified atom stereocenters. The molecule has 0 atom stereocenters. The van der Waals surface area contributed by atoms with Gasteiger partial charge in [-0.2, -0.15) is 0 Å². The van der Waals surface area contributed by atoms with Crippen molar-refractivity contribution in [1.82, 2.24) is 0 Å². The molecule has 3 nitrogen and oxygen atoms in total. The van der Waals surface area contributed by atoms with E-state index < -0.39 is 0 Å². The van der Waals surface area contributed by atoms with Crippen LogP contribution in [0.4, 0.5) is 5.69 Å². The molecule has 3 aromatic carbocycles. The van der Waals surface area contributed by atoms with Crippen molar-refractivity contribution in [2.45, 2.75) is 13.3 Å². The minimum absolute atomic E-state index is 0.0669. The molecule has 0 saturated heterocycles. The molecular formula is C22H21NO2. The number of ether oxygens (including phenoxy) is 1. The van der Waals surface area contributed by atoms with Gasteiger partial charge in [-0.3, -0.25) is 4.79 Å². The van der Waals surface area contributed by atoms with Crippen molar-refractivity contribution in [2.75, 3.05) is 11.9 Å². The summed E-state index contributed by atoms with van der Waals surface area (Å²) in [4.78, 5) is 12.5. The van der Waals surface area contributed by atoms with E-state index in [1.54, 1.807) is 0 Å². The molecule has 3 rings (SSSR count). The Labute approximate surface area is 147 Å². The van der Waals surface area contributed by atoms with E-state index in [1.807, 2.05) is 61.5 Å². The van der Waals surface area contributed by atoms with E-state index in [0.29, 0.717) is 24.5 Å². The van der Waals surface area contributed by atoms with E-state index >= 15 is 0 Å². The van der Waals surface area contributed by atoms with Gasteiger partial charge >= 0.3 is 0 Å². The summed E-state index contributed by atoms with van der Waals surface area (Å²) in [5.41, 5.74) is 2.61.